The van der Waals surface area contributed by atoms with Crippen molar-refractivity contribution < 1.29 is 29.1 Å². The van der Waals surface area contributed by atoms with E-state index < -0.39 is 53.8 Å². The topological polar surface area (TPSA) is 194 Å². The number of rotatable bonds is 14. The largest absolute Gasteiger partial charge is 0.480 e. The molecule has 0 spiro atoms. The van der Waals surface area contributed by atoms with Crippen LogP contribution >= 0.6 is 12.6 Å². The molecule has 4 unspecified atom stereocenters. The van der Waals surface area contributed by atoms with E-state index in [1.54, 1.807) is 13.8 Å². The second kappa shape index (κ2) is 14.2. The molecule has 11 nitrogen and oxygen atoms in total. The van der Waals surface area contributed by atoms with Crippen LogP contribution in [0.3, 0.4) is 0 Å². The number of carbonyl (C=O) groups is 5. The Morgan fingerprint density at radius 1 is 0.941 bits per heavy atom. The molecule has 0 radical (unpaired) electrons. The molecule has 12 heteroatoms. The molecule has 0 aliphatic carbocycles. The third kappa shape index (κ3) is 9.79. The van der Waals surface area contributed by atoms with E-state index in [1.165, 1.54) is 0 Å². The summed E-state index contributed by atoms with van der Waals surface area (Å²) in [6.07, 6.45) is -0.112. The van der Waals surface area contributed by atoms with Crippen molar-refractivity contribution >= 4 is 42.2 Å². The summed E-state index contributed by atoms with van der Waals surface area (Å²) >= 11 is 3.89. The molecule has 0 aliphatic rings. The van der Waals surface area contributed by atoms with E-state index >= 15 is 0 Å². The number of primary amides is 1. The fourth-order valence-electron chi connectivity index (χ4n) is 3.03. The maximum atomic E-state index is 13.0. The minimum Gasteiger partial charge on any atom is -0.480 e. The first kappa shape index (κ1) is 28.9. The van der Waals surface area contributed by atoms with E-state index in [9.17, 15) is 24.0 Å². The number of hydrogen-bond donors (Lipinski definition) is 7. The molecule has 4 atom stereocenters. The van der Waals surface area contributed by atoms with Gasteiger partial charge in [-0.3, -0.25) is 19.2 Å². The number of thiol groups is 1. The SMILES string of the molecule is CC(C)C(NC(=O)C(N)Cc1ccccc1)C(=O)NC(CCC(N)=O)C(=O)NC(CS)C(=O)O. The Morgan fingerprint density at radius 3 is 2.03 bits per heavy atom. The Kier molecular flexibility index (Phi) is 12.1. The van der Waals surface area contributed by atoms with Gasteiger partial charge in [-0.05, 0) is 24.3 Å². The third-order valence-electron chi connectivity index (χ3n) is 4.99. The standard InChI is InChI=1S/C22H33N5O6S/c1-12(2)18(27-19(29)14(23)10-13-6-4-3-5-7-13)21(31)25-15(8-9-17(24)28)20(30)26-16(11-34)22(32)33/h3-7,12,14-16,18,34H,8-11,23H2,1-2H3,(H2,24,28)(H,25,31)(H,26,30)(H,27,29)(H,32,33). The molecule has 0 saturated heterocycles. The highest BCUT2D eigenvalue weighted by Crippen LogP contribution is 2.07. The number of carbonyl (C=O) groups excluding carboxylic acids is 4. The lowest BCUT2D eigenvalue weighted by Gasteiger charge is -2.26. The monoisotopic (exact) mass is 495 g/mol. The van der Waals surface area contributed by atoms with Gasteiger partial charge in [0.05, 0.1) is 6.04 Å². The molecule has 34 heavy (non-hydrogen) atoms. The van der Waals surface area contributed by atoms with Crippen molar-refractivity contribution in [1.82, 2.24) is 16.0 Å². The van der Waals surface area contributed by atoms with E-state index in [4.69, 9.17) is 16.6 Å². The van der Waals surface area contributed by atoms with E-state index in [1.807, 2.05) is 30.3 Å². The van der Waals surface area contributed by atoms with Crippen LogP contribution < -0.4 is 27.4 Å². The van der Waals surface area contributed by atoms with Crippen molar-refractivity contribution in [1.29, 1.82) is 0 Å². The van der Waals surface area contributed by atoms with Gasteiger partial charge in [0.15, 0.2) is 0 Å². The molecule has 0 aliphatic heterocycles. The Morgan fingerprint density at radius 2 is 1.53 bits per heavy atom. The van der Waals surface area contributed by atoms with E-state index in [0.29, 0.717) is 0 Å². The quantitative estimate of drug-likeness (QED) is 0.160. The van der Waals surface area contributed by atoms with Gasteiger partial charge in [0.25, 0.3) is 0 Å². The van der Waals surface area contributed by atoms with Gasteiger partial charge in [0, 0.05) is 12.2 Å². The Balaban J connectivity index is 2.91. The highest BCUT2D eigenvalue weighted by atomic mass is 32.1. The average molecular weight is 496 g/mol. The fourth-order valence-corrected chi connectivity index (χ4v) is 3.28. The van der Waals surface area contributed by atoms with Crippen LogP contribution in [0.15, 0.2) is 30.3 Å². The highest BCUT2D eigenvalue weighted by molar-refractivity contribution is 7.80. The van der Waals surface area contributed by atoms with Crippen LogP contribution in [-0.2, 0) is 30.4 Å². The molecule has 0 bridgehead atoms. The molecule has 8 N–H and O–H groups in total. The maximum absolute atomic E-state index is 13.0. The number of amides is 4. The smallest absolute Gasteiger partial charge is 0.327 e. The molecule has 0 fully saturated rings. The number of aliphatic carboxylic acids is 1. The summed E-state index contributed by atoms with van der Waals surface area (Å²) < 4.78 is 0. The predicted octanol–water partition coefficient (Wildman–Crippen LogP) is -1.05. The summed E-state index contributed by atoms with van der Waals surface area (Å²) in [6, 6.07) is 4.67. The van der Waals surface area contributed by atoms with Crippen molar-refractivity contribution in [2.45, 2.75) is 57.3 Å². The van der Waals surface area contributed by atoms with Gasteiger partial charge in [0.2, 0.25) is 23.6 Å². The Bertz CT molecular complexity index is 867. The lowest BCUT2D eigenvalue weighted by atomic mass is 10.0. The molecular weight excluding hydrogens is 462 g/mol. The second-order valence-electron chi connectivity index (χ2n) is 8.17. The summed E-state index contributed by atoms with van der Waals surface area (Å²) in [7, 11) is 0. The summed E-state index contributed by atoms with van der Waals surface area (Å²) in [5.74, 6) is -4.58. The first-order chi connectivity index (χ1) is 16.0. The predicted molar refractivity (Wildman–Crippen MR) is 129 cm³/mol. The number of benzene rings is 1. The lowest BCUT2D eigenvalue weighted by Crippen LogP contribution is -2.58. The zero-order valence-corrected chi connectivity index (χ0v) is 20.1. The van der Waals surface area contributed by atoms with Crippen LogP contribution in [0.25, 0.3) is 0 Å². The average Bonchev–Trinajstić information content (AvgIpc) is 2.77. The lowest BCUT2D eigenvalue weighted by molar-refractivity contribution is -0.141. The number of nitrogens with one attached hydrogen (secondary N) is 3. The van der Waals surface area contributed by atoms with Crippen molar-refractivity contribution in [3.05, 3.63) is 35.9 Å². The Hall–Kier alpha value is -3.12. The van der Waals surface area contributed by atoms with Crippen molar-refractivity contribution in [3.63, 3.8) is 0 Å². The minimum absolute atomic E-state index is 0.155. The highest BCUT2D eigenvalue weighted by Gasteiger charge is 2.31. The van der Waals surface area contributed by atoms with Gasteiger partial charge in [-0.1, -0.05) is 44.2 Å². The molecule has 0 heterocycles. The van der Waals surface area contributed by atoms with Gasteiger partial charge in [-0.2, -0.15) is 12.6 Å². The van der Waals surface area contributed by atoms with Crippen LogP contribution in [-0.4, -0.2) is 64.6 Å². The van der Waals surface area contributed by atoms with E-state index in [0.717, 1.165) is 5.56 Å². The second-order valence-corrected chi connectivity index (χ2v) is 8.54. The Labute approximate surface area is 203 Å². The fraction of sp³-hybridized carbons (Fsp3) is 0.500. The summed E-state index contributed by atoms with van der Waals surface area (Å²) in [5, 5.41) is 16.5. The summed E-state index contributed by atoms with van der Waals surface area (Å²) in [5.41, 5.74) is 12.0. The summed E-state index contributed by atoms with van der Waals surface area (Å²) in [6.45, 7) is 3.40. The number of hydrogen-bond acceptors (Lipinski definition) is 7. The number of carboxylic acids is 1. The summed E-state index contributed by atoms with van der Waals surface area (Å²) in [4.78, 5) is 60.6. The van der Waals surface area contributed by atoms with E-state index in [2.05, 4.69) is 28.6 Å². The van der Waals surface area contributed by atoms with Gasteiger partial charge < -0.3 is 32.5 Å². The number of nitrogens with two attached hydrogens (primary N) is 2. The van der Waals surface area contributed by atoms with Crippen molar-refractivity contribution in [3.8, 4) is 0 Å². The molecule has 1 aromatic rings. The first-order valence-electron chi connectivity index (χ1n) is 10.8. The number of carboxylic acid groups (broad SMARTS) is 1. The molecule has 188 valence electrons. The molecule has 1 rings (SSSR count). The van der Waals surface area contributed by atoms with Crippen molar-refractivity contribution in [2.75, 3.05) is 5.75 Å². The van der Waals surface area contributed by atoms with Crippen LogP contribution in [0.1, 0.15) is 32.3 Å². The normalized spacial score (nSPS) is 14.4. The molecule has 0 aromatic heterocycles. The van der Waals surface area contributed by atoms with Crippen LogP contribution in [0, 0.1) is 5.92 Å². The zero-order valence-electron chi connectivity index (χ0n) is 19.2. The van der Waals surface area contributed by atoms with E-state index in [-0.39, 0.29) is 30.9 Å². The zero-order chi connectivity index (χ0) is 25.8. The molecule has 4 amide bonds. The van der Waals surface area contributed by atoms with Gasteiger partial charge in [-0.15, -0.1) is 0 Å². The molecule has 0 saturated carbocycles. The molecular formula is C22H33N5O6S. The van der Waals surface area contributed by atoms with Crippen LogP contribution in [0.5, 0.6) is 0 Å². The van der Waals surface area contributed by atoms with Gasteiger partial charge >= 0.3 is 5.97 Å². The van der Waals surface area contributed by atoms with Gasteiger partial charge in [0.1, 0.15) is 18.1 Å². The van der Waals surface area contributed by atoms with Crippen LogP contribution in [0.2, 0.25) is 0 Å². The van der Waals surface area contributed by atoms with Gasteiger partial charge in [-0.25, -0.2) is 4.79 Å². The molecule has 1 aromatic carbocycles. The minimum atomic E-state index is -1.30. The van der Waals surface area contributed by atoms with Crippen molar-refractivity contribution in [2.24, 2.45) is 17.4 Å². The van der Waals surface area contributed by atoms with Crippen LogP contribution in [0.4, 0.5) is 0 Å². The maximum Gasteiger partial charge on any atom is 0.327 e. The first-order valence-corrected chi connectivity index (χ1v) is 11.4. The third-order valence-corrected chi connectivity index (χ3v) is 5.36.